The van der Waals surface area contributed by atoms with Gasteiger partial charge in [-0.1, -0.05) is 11.6 Å². The fraction of sp³-hybridized carbons (Fsp3) is 0.444. The molecule has 0 amide bonds. The molecule has 26 heavy (non-hydrogen) atoms. The Kier molecular flexibility index (Phi) is 4.51. The molecule has 0 aliphatic carbocycles. The second kappa shape index (κ2) is 6.69. The van der Waals surface area contributed by atoms with Crippen LogP contribution in [0, 0.1) is 11.3 Å². The predicted octanol–water partition coefficient (Wildman–Crippen LogP) is 2.07. The van der Waals surface area contributed by atoms with Gasteiger partial charge in [0.25, 0.3) is 0 Å². The van der Waals surface area contributed by atoms with Gasteiger partial charge in [0.2, 0.25) is 0 Å². The molecule has 3 heterocycles. The highest BCUT2D eigenvalue weighted by molar-refractivity contribution is 7.91. The summed E-state index contributed by atoms with van der Waals surface area (Å²) >= 11 is 6.17. The van der Waals surface area contributed by atoms with Crippen LogP contribution in [-0.4, -0.2) is 62.0 Å². The van der Waals surface area contributed by atoms with Crippen LogP contribution >= 0.6 is 11.6 Å². The molecule has 0 radical (unpaired) electrons. The van der Waals surface area contributed by atoms with Crippen LogP contribution in [0.1, 0.15) is 12.0 Å². The van der Waals surface area contributed by atoms with E-state index in [-0.39, 0.29) is 11.8 Å². The minimum absolute atomic E-state index is 0.126. The molecular formula is C18H19ClN4O2S. The number of hydrogen-bond acceptors (Lipinski definition) is 6. The lowest BCUT2D eigenvalue weighted by Crippen LogP contribution is -2.51. The molecule has 1 aromatic carbocycles. The van der Waals surface area contributed by atoms with Crippen molar-refractivity contribution in [2.75, 3.05) is 42.6 Å². The van der Waals surface area contributed by atoms with Crippen LogP contribution in [0.25, 0.3) is 10.9 Å². The van der Waals surface area contributed by atoms with Gasteiger partial charge in [-0.3, -0.25) is 9.88 Å². The van der Waals surface area contributed by atoms with Crippen LogP contribution in [0.3, 0.4) is 0 Å². The molecule has 2 saturated heterocycles. The zero-order valence-corrected chi connectivity index (χ0v) is 15.8. The smallest absolute Gasteiger partial charge is 0.151 e. The number of piperazine rings is 1. The van der Waals surface area contributed by atoms with E-state index in [4.69, 9.17) is 11.6 Å². The van der Waals surface area contributed by atoms with Crippen LogP contribution in [0.5, 0.6) is 0 Å². The van der Waals surface area contributed by atoms with Crippen molar-refractivity contribution < 1.29 is 8.42 Å². The van der Waals surface area contributed by atoms with E-state index in [0.717, 1.165) is 49.2 Å². The van der Waals surface area contributed by atoms with Crippen LogP contribution in [-0.2, 0) is 9.84 Å². The SMILES string of the molecule is N#Cc1cnc2ccc(Cl)cc2c1N1CCN(C2CCS(=O)(=O)C2)CC1. The Labute approximate surface area is 157 Å². The molecule has 1 unspecified atom stereocenters. The van der Waals surface area contributed by atoms with Gasteiger partial charge >= 0.3 is 0 Å². The van der Waals surface area contributed by atoms with Crippen molar-refractivity contribution in [3.63, 3.8) is 0 Å². The number of fused-ring (bicyclic) bond motifs is 1. The lowest BCUT2D eigenvalue weighted by molar-refractivity contribution is 0.200. The molecule has 6 nitrogen and oxygen atoms in total. The molecule has 2 aliphatic heterocycles. The molecule has 136 valence electrons. The second-order valence-electron chi connectivity index (χ2n) is 6.87. The van der Waals surface area contributed by atoms with Crippen molar-refractivity contribution in [2.24, 2.45) is 0 Å². The van der Waals surface area contributed by atoms with Crippen molar-refractivity contribution in [1.29, 1.82) is 5.26 Å². The average Bonchev–Trinajstić information content (AvgIpc) is 3.00. The van der Waals surface area contributed by atoms with Crippen molar-refractivity contribution in [3.05, 3.63) is 35.0 Å². The first-order valence-corrected chi connectivity index (χ1v) is 10.8. The first kappa shape index (κ1) is 17.5. The van der Waals surface area contributed by atoms with Gasteiger partial charge < -0.3 is 4.90 Å². The Bertz CT molecular complexity index is 994. The number of rotatable bonds is 2. The summed E-state index contributed by atoms with van der Waals surface area (Å²) in [5, 5.41) is 11.0. The molecule has 0 spiro atoms. The normalized spacial score (nSPS) is 23.2. The van der Waals surface area contributed by atoms with Crippen molar-refractivity contribution in [2.45, 2.75) is 12.5 Å². The zero-order chi connectivity index (χ0) is 18.3. The lowest BCUT2D eigenvalue weighted by Gasteiger charge is -2.39. The van der Waals surface area contributed by atoms with E-state index in [1.165, 1.54) is 0 Å². The Balaban J connectivity index is 1.60. The molecule has 2 fully saturated rings. The highest BCUT2D eigenvalue weighted by Gasteiger charge is 2.34. The number of pyridine rings is 1. The van der Waals surface area contributed by atoms with E-state index in [9.17, 15) is 13.7 Å². The minimum Gasteiger partial charge on any atom is -0.367 e. The number of benzene rings is 1. The number of anilines is 1. The van der Waals surface area contributed by atoms with Gasteiger partial charge in [0.1, 0.15) is 6.07 Å². The second-order valence-corrected chi connectivity index (χ2v) is 9.54. The van der Waals surface area contributed by atoms with E-state index in [2.05, 4.69) is 20.9 Å². The van der Waals surface area contributed by atoms with Crippen LogP contribution in [0.15, 0.2) is 24.4 Å². The molecule has 4 rings (SSSR count). The third-order valence-corrected chi connectivity index (χ3v) is 7.26. The van der Waals surface area contributed by atoms with Gasteiger partial charge in [-0.15, -0.1) is 0 Å². The Morgan fingerprint density at radius 3 is 2.65 bits per heavy atom. The predicted molar refractivity (Wildman–Crippen MR) is 102 cm³/mol. The summed E-state index contributed by atoms with van der Waals surface area (Å²) in [6.45, 7) is 3.07. The van der Waals surface area contributed by atoms with Gasteiger partial charge in [-0.25, -0.2) is 8.42 Å². The quantitative estimate of drug-likeness (QED) is 0.781. The Morgan fingerprint density at radius 2 is 2.00 bits per heavy atom. The highest BCUT2D eigenvalue weighted by Crippen LogP contribution is 2.32. The fourth-order valence-electron chi connectivity index (χ4n) is 3.95. The number of aromatic nitrogens is 1. The number of nitrogens with zero attached hydrogens (tertiary/aromatic N) is 4. The van der Waals surface area contributed by atoms with E-state index in [1.807, 2.05) is 12.1 Å². The summed E-state index contributed by atoms with van der Waals surface area (Å²) in [6, 6.07) is 7.88. The van der Waals surface area contributed by atoms with Crippen LogP contribution in [0.2, 0.25) is 5.02 Å². The van der Waals surface area contributed by atoms with E-state index in [1.54, 1.807) is 12.3 Å². The summed E-state index contributed by atoms with van der Waals surface area (Å²) in [7, 11) is -2.88. The maximum absolute atomic E-state index is 11.7. The number of hydrogen-bond donors (Lipinski definition) is 0. The molecular weight excluding hydrogens is 372 g/mol. The highest BCUT2D eigenvalue weighted by atomic mass is 35.5. The molecule has 1 aromatic heterocycles. The third kappa shape index (κ3) is 3.25. The minimum atomic E-state index is -2.88. The zero-order valence-electron chi connectivity index (χ0n) is 14.2. The Morgan fingerprint density at radius 1 is 1.23 bits per heavy atom. The molecule has 0 bridgehead atoms. The van der Waals surface area contributed by atoms with E-state index < -0.39 is 9.84 Å². The lowest BCUT2D eigenvalue weighted by atomic mass is 10.1. The molecule has 8 heteroatoms. The first-order valence-electron chi connectivity index (χ1n) is 8.65. The Hall–Kier alpha value is -1.88. The number of sulfone groups is 1. The van der Waals surface area contributed by atoms with Crippen LogP contribution in [0.4, 0.5) is 5.69 Å². The molecule has 2 aliphatic rings. The van der Waals surface area contributed by atoms with E-state index in [0.29, 0.717) is 16.3 Å². The molecule has 1 atom stereocenters. The molecule has 0 N–H and O–H groups in total. The molecule has 0 saturated carbocycles. The summed E-state index contributed by atoms with van der Waals surface area (Å²) < 4.78 is 23.5. The first-order chi connectivity index (χ1) is 12.5. The average molecular weight is 391 g/mol. The van der Waals surface area contributed by atoms with Crippen molar-refractivity contribution >= 4 is 38.0 Å². The number of halogens is 1. The van der Waals surface area contributed by atoms with Crippen molar-refractivity contribution in [1.82, 2.24) is 9.88 Å². The summed E-state index contributed by atoms with van der Waals surface area (Å²) in [6.07, 6.45) is 2.33. The standard InChI is InChI=1S/C18H19ClN4O2S/c19-14-1-2-17-16(9-14)18(13(10-20)11-21-17)23-6-4-22(5-7-23)15-3-8-26(24,25)12-15/h1-2,9,11,15H,3-8,12H2. The number of nitriles is 1. The van der Waals surface area contributed by atoms with Gasteiger partial charge in [0, 0.05) is 48.8 Å². The maximum atomic E-state index is 11.7. The summed E-state index contributed by atoms with van der Waals surface area (Å²) in [5.74, 6) is 0.564. The fourth-order valence-corrected chi connectivity index (χ4v) is 5.88. The van der Waals surface area contributed by atoms with Gasteiger partial charge in [0.05, 0.1) is 28.3 Å². The van der Waals surface area contributed by atoms with Gasteiger partial charge in [-0.2, -0.15) is 5.26 Å². The van der Waals surface area contributed by atoms with Gasteiger partial charge in [-0.05, 0) is 24.6 Å². The van der Waals surface area contributed by atoms with Gasteiger partial charge in [0.15, 0.2) is 9.84 Å². The van der Waals surface area contributed by atoms with Crippen molar-refractivity contribution in [3.8, 4) is 6.07 Å². The summed E-state index contributed by atoms with van der Waals surface area (Å²) in [5.41, 5.74) is 2.23. The summed E-state index contributed by atoms with van der Waals surface area (Å²) in [4.78, 5) is 8.82. The monoisotopic (exact) mass is 390 g/mol. The molecule has 2 aromatic rings. The van der Waals surface area contributed by atoms with Crippen LogP contribution < -0.4 is 4.90 Å². The van der Waals surface area contributed by atoms with E-state index >= 15 is 0 Å². The third-order valence-electron chi connectivity index (χ3n) is 5.28. The largest absolute Gasteiger partial charge is 0.367 e. The topological polar surface area (TPSA) is 77.3 Å². The maximum Gasteiger partial charge on any atom is 0.151 e.